The van der Waals surface area contributed by atoms with Gasteiger partial charge in [-0.05, 0) is 50.2 Å². The highest BCUT2D eigenvalue weighted by molar-refractivity contribution is 7.93. The van der Waals surface area contributed by atoms with E-state index in [9.17, 15) is 26.9 Å². The third-order valence-electron chi connectivity index (χ3n) is 5.48. The molecule has 174 valence electrons. The van der Waals surface area contributed by atoms with Gasteiger partial charge in [-0.15, -0.1) is 0 Å². The normalized spacial score (nSPS) is 15.4. The van der Waals surface area contributed by atoms with Crippen LogP contribution in [0.1, 0.15) is 12.8 Å². The third-order valence-corrected chi connectivity index (χ3v) is 8.29. The number of fused-ring (bicyclic) bond motifs is 1. The van der Waals surface area contributed by atoms with Gasteiger partial charge in [-0.25, -0.2) is 22.0 Å². The fourth-order valence-corrected chi connectivity index (χ4v) is 6.39. The zero-order valence-electron chi connectivity index (χ0n) is 17.3. The largest absolute Gasteiger partial charge is 0.317 e. The van der Waals surface area contributed by atoms with Gasteiger partial charge in [-0.2, -0.15) is 0 Å². The predicted molar refractivity (Wildman–Crippen MR) is 122 cm³/mol. The molecule has 33 heavy (non-hydrogen) atoms. The molecular formula is C20H21N5O6S2. The molecule has 2 heterocycles. The van der Waals surface area contributed by atoms with Gasteiger partial charge in [0.15, 0.2) is 0 Å². The molecule has 1 aromatic heterocycles. The Labute approximate surface area is 190 Å². The zero-order valence-corrected chi connectivity index (χ0v) is 18.9. The molecule has 0 amide bonds. The number of rotatable bonds is 6. The van der Waals surface area contributed by atoms with Crippen molar-refractivity contribution in [2.45, 2.75) is 28.7 Å². The summed E-state index contributed by atoms with van der Waals surface area (Å²) in [6.45, 7) is 1.04. The molecule has 2 aromatic carbocycles. The molecule has 1 aliphatic heterocycles. The first-order valence-electron chi connectivity index (χ1n) is 10.0. The standard InChI is InChI=1S/C20H21N5O6S2/c21-32(28,29)16-6-7-17(18(13-16)25(26)27)24(15-8-11-22-12-9-15)33(30,31)19-5-1-3-14-4-2-10-23-20(14)19/h1-7,10,13,15,22H,8-9,11-12H2,(H2,21,28,29). The van der Waals surface area contributed by atoms with Gasteiger partial charge >= 0.3 is 0 Å². The van der Waals surface area contributed by atoms with Crippen LogP contribution >= 0.6 is 0 Å². The Morgan fingerprint density at radius 1 is 1.06 bits per heavy atom. The summed E-state index contributed by atoms with van der Waals surface area (Å²) in [6, 6.07) is 10.5. The van der Waals surface area contributed by atoms with Gasteiger partial charge in [-0.3, -0.25) is 19.4 Å². The van der Waals surface area contributed by atoms with Gasteiger partial charge in [0.1, 0.15) is 10.6 Å². The topological polar surface area (TPSA) is 166 Å². The first-order valence-corrected chi connectivity index (χ1v) is 13.0. The molecule has 0 bridgehead atoms. The van der Waals surface area contributed by atoms with Crippen molar-refractivity contribution < 1.29 is 21.8 Å². The molecule has 0 saturated carbocycles. The molecule has 11 nitrogen and oxygen atoms in total. The summed E-state index contributed by atoms with van der Waals surface area (Å²) in [7, 11) is -8.56. The number of nitro groups is 1. The molecule has 3 aromatic rings. The van der Waals surface area contributed by atoms with Gasteiger partial charge < -0.3 is 5.32 Å². The maximum atomic E-state index is 14.0. The average molecular weight is 492 g/mol. The van der Waals surface area contributed by atoms with E-state index in [0.717, 1.165) is 22.5 Å². The maximum absolute atomic E-state index is 14.0. The maximum Gasteiger partial charge on any atom is 0.294 e. The van der Waals surface area contributed by atoms with Crippen molar-refractivity contribution in [3.63, 3.8) is 0 Å². The second-order valence-electron chi connectivity index (χ2n) is 7.57. The molecule has 0 spiro atoms. The van der Waals surface area contributed by atoms with Crippen molar-refractivity contribution >= 4 is 42.3 Å². The number of sulfonamides is 2. The fraction of sp³-hybridized carbons (Fsp3) is 0.250. The molecule has 1 fully saturated rings. The number of primary sulfonamides is 1. The Morgan fingerprint density at radius 3 is 2.42 bits per heavy atom. The van der Waals surface area contributed by atoms with Crippen molar-refractivity contribution in [2.24, 2.45) is 5.14 Å². The van der Waals surface area contributed by atoms with E-state index in [0.29, 0.717) is 31.3 Å². The highest BCUT2D eigenvalue weighted by Crippen LogP contribution is 2.38. The quantitative estimate of drug-likeness (QED) is 0.388. The van der Waals surface area contributed by atoms with E-state index in [2.05, 4.69) is 10.3 Å². The molecular weight excluding hydrogens is 470 g/mol. The van der Waals surface area contributed by atoms with Crippen LogP contribution in [0.3, 0.4) is 0 Å². The van der Waals surface area contributed by atoms with E-state index >= 15 is 0 Å². The summed E-state index contributed by atoms with van der Waals surface area (Å²) in [5.74, 6) is 0. The summed E-state index contributed by atoms with van der Waals surface area (Å²) < 4.78 is 52.6. The highest BCUT2D eigenvalue weighted by Gasteiger charge is 2.38. The third kappa shape index (κ3) is 4.39. The second-order valence-corrected chi connectivity index (χ2v) is 10.9. The number of nitrogens with zero attached hydrogens (tertiary/aromatic N) is 3. The Kier molecular flexibility index (Phi) is 6.05. The minimum atomic E-state index is -4.33. The van der Waals surface area contributed by atoms with Crippen LogP contribution < -0.4 is 14.8 Å². The Hall–Kier alpha value is -3.13. The van der Waals surface area contributed by atoms with Crippen LogP contribution in [0.15, 0.2) is 64.5 Å². The number of aromatic nitrogens is 1. The summed E-state index contributed by atoms with van der Waals surface area (Å²) in [5, 5.41) is 20.8. The lowest BCUT2D eigenvalue weighted by Gasteiger charge is -2.35. The molecule has 1 aliphatic rings. The molecule has 3 N–H and O–H groups in total. The van der Waals surface area contributed by atoms with Gasteiger partial charge in [0.2, 0.25) is 10.0 Å². The lowest BCUT2D eigenvalue weighted by atomic mass is 10.1. The van der Waals surface area contributed by atoms with E-state index in [1.807, 2.05) is 0 Å². The molecule has 4 rings (SSSR count). The second kappa shape index (κ2) is 8.67. The average Bonchev–Trinajstić information content (AvgIpc) is 2.78. The monoisotopic (exact) mass is 491 g/mol. The summed E-state index contributed by atoms with van der Waals surface area (Å²) >= 11 is 0. The van der Waals surface area contributed by atoms with Crippen molar-refractivity contribution in [3.8, 4) is 0 Å². The highest BCUT2D eigenvalue weighted by atomic mass is 32.2. The number of benzene rings is 2. The van der Waals surface area contributed by atoms with Gasteiger partial charge in [0.25, 0.3) is 15.7 Å². The first-order chi connectivity index (χ1) is 15.6. The van der Waals surface area contributed by atoms with Gasteiger partial charge in [-0.1, -0.05) is 18.2 Å². The first kappa shape index (κ1) is 23.0. The van der Waals surface area contributed by atoms with E-state index in [1.165, 1.54) is 12.3 Å². The Morgan fingerprint density at radius 2 is 1.76 bits per heavy atom. The lowest BCUT2D eigenvalue weighted by molar-refractivity contribution is -0.384. The molecule has 0 atom stereocenters. The van der Waals surface area contributed by atoms with E-state index in [1.54, 1.807) is 24.3 Å². The van der Waals surface area contributed by atoms with E-state index in [4.69, 9.17) is 5.14 Å². The van der Waals surface area contributed by atoms with Crippen LogP contribution in [-0.2, 0) is 20.0 Å². The number of nitrogens with two attached hydrogens (primary N) is 1. The number of nitro benzene ring substituents is 1. The number of hydrogen-bond acceptors (Lipinski definition) is 8. The SMILES string of the molecule is NS(=O)(=O)c1ccc(N(C2CCNCC2)S(=O)(=O)c2cccc3cccnc23)c([N+](=O)[O-])c1. The number of pyridine rings is 1. The van der Waals surface area contributed by atoms with Crippen molar-refractivity contribution in [1.82, 2.24) is 10.3 Å². The molecule has 0 unspecified atom stereocenters. The predicted octanol–water partition coefficient (Wildman–Crippen LogP) is 1.74. The number of para-hydroxylation sites is 1. The number of anilines is 1. The Bertz CT molecular complexity index is 1430. The molecule has 13 heteroatoms. The van der Waals surface area contributed by atoms with Crippen LogP contribution in [0.25, 0.3) is 10.9 Å². The van der Waals surface area contributed by atoms with Crippen LogP contribution in [0, 0.1) is 10.1 Å². The van der Waals surface area contributed by atoms with Crippen molar-refractivity contribution in [2.75, 3.05) is 17.4 Å². The smallest absolute Gasteiger partial charge is 0.294 e. The van der Waals surface area contributed by atoms with Crippen LogP contribution in [0.2, 0.25) is 0 Å². The Balaban J connectivity index is 1.98. The molecule has 0 aliphatic carbocycles. The molecule has 0 radical (unpaired) electrons. The summed E-state index contributed by atoms with van der Waals surface area (Å²) in [5.41, 5.74) is -0.660. The summed E-state index contributed by atoms with van der Waals surface area (Å²) in [6.07, 6.45) is 2.29. The summed E-state index contributed by atoms with van der Waals surface area (Å²) in [4.78, 5) is 14.7. The molecule has 1 saturated heterocycles. The van der Waals surface area contributed by atoms with Gasteiger partial charge in [0, 0.05) is 23.7 Å². The van der Waals surface area contributed by atoms with Crippen molar-refractivity contribution in [3.05, 3.63) is 64.8 Å². The number of nitrogens with one attached hydrogen (secondary N) is 1. The fourth-order valence-electron chi connectivity index (χ4n) is 3.97. The number of hydrogen-bond donors (Lipinski definition) is 2. The minimum Gasteiger partial charge on any atom is -0.317 e. The van der Waals surface area contributed by atoms with E-state index < -0.39 is 41.6 Å². The minimum absolute atomic E-state index is 0.0936. The van der Waals surface area contributed by atoms with Crippen LogP contribution in [0.5, 0.6) is 0 Å². The number of piperidine rings is 1. The van der Waals surface area contributed by atoms with E-state index in [-0.39, 0.29) is 16.1 Å². The lowest BCUT2D eigenvalue weighted by Crippen LogP contribution is -2.46. The van der Waals surface area contributed by atoms with Gasteiger partial charge in [0.05, 0.1) is 15.3 Å². The van der Waals surface area contributed by atoms with Crippen LogP contribution in [-0.4, -0.2) is 45.9 Å². The van der Waals surface area contributed by atoms with Crippen molar-refractivity contribution in [1.29, 1.82) is 0 Å². The zero-order chi connectivity index (χ0) is 23.8. The van der Waals surface area contributed by atoms with Crippen LogP contribution in [0.4, 0.5) is 11.4 Å².